The molecule has 1 aromatic rings. The minimum Gasteiger partial charge on any atom is -0.370 e. The molecule has 1 fully saturated rings. The van der Waals surface area contributed by atoms with Crippen molar-refractivity contribution in [3.05, 3.63) is 29.3 Å². The first-order chi connectivity index (χ1) is 10.9. The maximum atomic E-state index is 12.3. The minimum absolute atomic E-state index is 0. The van der Waals surface area contributed by atoms with Crippen LogP contribution in [0, 0.1) is 13.8 Å². The Hall–Kier alpha value is -0.520. The van der Waals surface area contributed by atoms with Gasteiger partial charge in [0.2, 0.25) is 10.0 Å². The summed E-state index contributed by atoms with van der Waals surface area (Å²) in [4.78, 5) is 6.63. The molecule has 1 heterocycles. The van der Waals surface area contributed by atoms with Gasteiger partial charge in [0, 0.05) is 31.1 Å². The van der Waals surface area contributed by atoms with Gasteiger partial charge in [-0.15, -0.1) is 24.0 Å². The van der Waals surface area contributed by atoms with Gasteiger partial charge in [0.05, 0.1) is 11.4 Å². The Morgan fingerprint density at radius 3 is 2.67 bits per heavy atom. The number of sulfonamides is 1. The molecule has 0 saturated carbocycles. The van der Waals surface area contributed by atoms with Crippen LogP contribution >= 0.6 is 35.7 Å². The molecule has 0 bridgehead atoms. The van der Waals surface area contributed by atoms with Crippen molar-refractivity contribution in [2.75, 3.05) is 37.7 Å². The van der Waals surface area contributed by atoms with Crippen LogP contribution in [-0.4, -0.2) is 57.0 Å². The lowest BCUT2D eigenvalue weighted by atomic mass is 10.2. The van der Waals surface area contributed by atoms with Crippen LogP contribution in [0.4, 0.5) is 0 Å². The zero-order valence-electron chi connectivity index (χ0n) is 14.0. The van der Waals surface area contributed by atoms with Crippen LogP contribution in [0.1, 0.15) is 11.1 Å². The number of aryl methyl sites for hydroxylation is 2. The highest BCUT2D eigenvalue weighted by molar-refractivity contribution is 14.0. The summed E-state index contributed by atoms with van der Waals surface area (Å²) < 4.78 is 27.3. The van der Waals surface area contributed by atoms with Gasteiger partial charge in [-0.25, -0.2) is 13.1 Å². The van der Waals surface area contributed by atoms with E-state index in [0.717, 1.165) is 35.7 Å². The molecule has 1 aromatic carbocycles. The molecule has 0 unspecified atom stereocenters. The first-order valence-electron chi connectivity index (χ1n) is 7.60. The summed E-state index contributed by atoms with van der Waals surface area (Å²) in [6.07, 6.45) is 0. The summed E-state index contributed by atoms with van der Waals surface area (Å²) in [6, 6.07) is 5.39. The summed E-state index contributed by atoms with van der Waals surface area (Å²) in [6.45, 7) is 6.03. The maximum absolute atomic E-state index is 12.3. The highest BCUT2D eigenvalue weighted by Crippen LogP contribution is 2.16. The molecule has 1 aliphatic rings. The van der Waals surface area contributed by atoms with E-state index in [1.165, 1.54) is 0 Å². The fourth-order valence-corrected chi connectivity index (χ4v) is 4.57. The van der Waals surface area contributed by atoms with Crippen molar-refractivity contribution in [2.24, 2.45) is 10.7 Å². The number of nitrogens with one attached hydrogen (secondary N) is 1. The van der Waals surface area contributed by atoms with Gasteiger partial charge in [-0.3, -0.25) is 4.99 Å². The van der Waals surface area contributed by atoms with E-state index in [9.17, 15) is 8.42 Å². The molecular weight excluding hydrogens is 459 g/mol. The van der Waals surface area contributed by atoms with Crippen molar-refractivity contribution in [1.29, 1.82) is 0 Å². The summed E-state index contributed by atoms with van der Waals surface area (Å²) in [5.74, 6) is 2.60. The van der Waals surface area contributed by atoms with Gasteiger partial charge in [0.1, 0.15) is 0 Å². The van der Waals surface area contributed by atoms with Gasteiger partial charge in [0.15, 0.2) is 5.96 Å². The van der Waals surface area contributed by atoms with Crippen LogP contribution in [0.15, 0.2) is 28.1 Å². The van der Waals surface area contributed by atoms with E-state index in [4.69, 9.17) is 5.73 Å². The van der Waals surface area contributed by atoms with Crippen LogP contribution in [0.3, 0.4) is 0 Å². The SMILES string of the molecule is Cc1ccc(C)c(S(=O)(=O)NCCN=C(N)N2CCSCC2)c1.I. The fourth-order valence-electron chi connectivity index (χ4n) is 2.32. The Bertz CT molecular complexity index is 674. The number of halogens is 1. The lowest BCUT2D eigenvalue weighted by Gasteiger charge is -2.27. The van der Waals surface area contributed by atoms with Gasteiger partial charge in [-0.05, 0) is 31.0 Å². The lowest BCUT2D eigenvalue weighted by Crippen LogP contribution is -2.43. The maximum Gasteiger partial charge on any atom is 0.240 e. The average Bonchev–Trinajstić information content (AvgIpc) is 2.54. The molecule has 0 spiro atoms. The molecule has 0 aliphatic carbocycles. The van der Waals surface area contributed by atoms with Crippen molar-refractivity contribution in [1.82, 2.24) is 9.62 Å². The lowest BCUT2D eigenvalue weighted by molar-refractivity contribution is 0.456. The predicted molar refractivity (Wildman–Crippen MR) is 112 cm³/mol. The third kappa shape index (κ3) is 6.08. The first-order valence-corrected chi connectivity index (χ1v) is 10.2. The van der Waals surface area contributed by atoms with E-state index in [1.807, 2.05) is 35.7 Å². The van der Waals surface area contributed by atoms with E-state index >= 15 is 0 Å². The largest absolute Gasteiger partial charge is 0.370 e. The van der Waals surface area contributed by atoms with Crippen molar-refractivity contribution in [3.63, 3.8) is 0 Å². The average molecular weight is 484 g/mol. The number of nitrogens with two attached hydrogens (primary N) is 1. The number of hydrogen-bond donors (Lipinski definition) is 2. The Morgan fingerprint density at radius 2 is 2.00 bits per heavy atom. The number of hydrogen-bond acceptors (Lipinski definition) is 4. The van der Waals surface area contributed by atoms with Gasteiger partial charge >= 0.3 is 0 Å². The second kappa shape index (κ2) is 9.83. The van der Waals surface area contributed by atoms with Crippen LogP contribution in [0.25, 0.3) is 0 Å². The highest BCUT2D eigenvalue weighted by Gasteiger charge is 2.16. The van der Waals surface area contributed by atoms with Gasteiger partial charge in [-0.1, -0.05) is 12.1 Å². The van der Waals surface area contributed by atoms with Crippen LogP contribution in [0.5, 0.6) is 0 Å². The predicted octanol–water partition coefficient (Wildman–Crippen LogP) is 1.56. The van der Waals surface area contributed by atoms with Crippen LogP contribution in [0.2, 0.25) is 0 Å². The topological polar surface area (TPSA) is 87.8 Å². The molecule has 1 aliphatic heterocycles. The van der Waals surface area contributed by atoms with Crippen molar-refractivity contribution in [2.45, 2.75) is 18.7 Å². The monoisotopic (exact) mass is 484 g/mol. The Labute approximate surface area is 165 Å². The number of aliphatic imine (C=N–C) groups is 1. The molecule has 3 N–H and O–H groups in total. The number of guanidine groups is 1. The molecule has 6 nitrogen and oxygen atoms in total. The minimum atomic E-state index is -3.51. The summed E-state index contributed by atoms with van der Waals surface area (Å²) in [5, 5.41) is 0. The molecule has 2 rings (SSSR count). The number of nitrogens with zero attached hydrogens (tertiary/aromatic N) is 2. The van der Waals surface area contributed by atoms with Gasteiger partial charge in [-0.2, -0.15) is 11.8 Å². The van der Waals surface area contributed by atoms with E-state index in [1.54, 1.807) is 13.0 Å². The van der Waals surface area contributed by atoms with E-state index < -0.39 is 10.0 Å². The zero-order valence-corrected chi connectivity index (χ0v) is 18.0. The Morgan fingerprint density at radius 1 is 1.33 bits per heavy atom. The number of thioether (sulfide) groups is 1. The van der Waals surface area contributed by atoms with Crippen molar-refractivity contribution >= 4 is 51.7 Å². The van der Waals surface area contributed by atoms with Gasteiger partial charge in [0.25, 0.3) is 0 Å². The molecule has 1 saturated heterocycles. The summed E-state index contributed by atoms with van der Waals surface area (Å²) in [7, 11) is -3.51. The van der Waals surface area contributed by atoms with E-state index in [0.29, 0.717) is 17.4 Å². The molecule has 0 atom stereocenters. The first kappa shape index (κ1) is 21.5. The molecule has 9 heteroatoms. The van der Waals surface area contributed by atoms with Crippen molar-refractivity contribution < 1.29 is 8.42 Å². The highest BCUT2D eigenvalue weighted by atomic mass is 127. The fraction of sp³-hybridized carbons (Fsp3) is 0.533. The van der Waals surface area contributed by atoms with Crippen molar-refractivity contribution in [3.8, 4) is 0 Å². The summed E-state index contributed by atoms with van der Waals surface area (Å²) in [5.41, 5.74) is 7.59. The quantitative estimate of drug-likeness (QED) is 0.287. The Balaban J connectivity index is 0.00000288. The number of benzene rings is 1. The molecule has 0 aromatic heterocycles. The summed E-state index contributed by atoms with van der Waals surface area (Å²) >= 11 is 1.90. The zero-order chi connectivity index (χ0) is 16.9. The Kier molecular flexibility index (Phi) is 8.82. The van der Waals surface area contributed by atoms with Crippen LogP contribution < -0.4 is 10.5 Å². The van der Waals surface area contributed by atoms with E-state index in [2.05, 4.69) is 9.71 Å². The molecule has 24 heavy (non-hydrogen) atoms. The third-order valence-electron chi connectivity index (χ3n) is 3.65. The smallest absolute Gasteiger partial charge is 0.240 e. The second-order valence-electron chi connectivity index (χ2n) is 5.51. The molecule has 136 valence electrons. The van der Waals surface area contributed by atoms with Gasteiger partial charge < -0.3 is 10.6 Å². The third-order valence-corrected chi connectivity index (χ3v) is 6.19. The number of rotatable bonds is 5. The normalized spacial score (nSPS) is 15.9. The molecule has 0 amide bonds. The molecular formula is C15H25IN4O2S2. The van der Waals surface area contributed by atoms with Crippen LogP contribution in [-0.2, 0) is 10.0 Å². The van der Waals surface area contributed by atoms with E-state index in [-0.39, 0.29) is 30.5 Å². The molecule has 0 radical (unpaired) electrons. The standard InChI is InChI=1S/C15H24N4O2S2.HI/c1-12-3-4-13(2)14(11-12)23(20,21)18-6-5-17-15(16)19-7-9-22-10-8-19;/h3-4,11,18H,5-10H2,1-2H3,(H2,16,17);1H. The second-order valence-corrected chi connectivity index (χ2v) is 8.47.